The van der Waals surface area contributed by atoms with E-state index in [0.717, 1.165) is 5.82 Å². The Bertz CT molecular complexity index is 578. The number of ketones is 1. The van der Waals surface area contributed by atoms with Gasteiger partial charge in [-0.2, -0.15) is 0 Å². The van der Waals surface area contributed by atoms with Gasteiger partial charge < -0.3 is 9.30 Å². The Kier molecular flexibility index (Phi) is 3.67. The van der Waals surface area contributed by atoms with Gasteiger partial charge in [-0.3, -0.25) is 4.79 Å². The molecule has 0 aliphatic carbocycles. The first-order valence-corrected chi connectivity index (χ1v) is 5.85. The van der Waals surface area contributed by atoms with Crippen molar-refractivity contribution in [1.82, 2.24) is 9.55 Å². The highest BCUT2D eigenvalue weighted by atomic mass is 35.5. The lowest BCUT2D eigenvalue weighted by Gasteiger charge is -2.10. The van der Waals surface area contributed by atoms with Crippen LogP contribution in [-0.2, 0) is 13.7 Å². The number of aromatic nitrogens is 2. The molecule has 1 aromatic heterocycles. The first-order chi connectivity index (χ1) is 8.58. The molecule has 94 valence electrons. The number of hydrogen-bond acceptors (Lipinski definition) is 3. The number of ether oxygens (including phenoxy) is 1. The lowest BCUT2D eigenvalue weighted by atomic mass is 10.1. The van der Waals surface area contributed by atoms with Crippen LogP contribution in [0.3, 0.4) is 0 Å². The molecule has 0 radical (unpaired) electrons. The van der Waals surface area contributed by atoms with Crippen molar-refractivity contribution in [3.8, 4) is 5.75 Å². The van der Waals surface area contributed by atoms with Crippen molar-refractivity contribution in [1.29, 1.82) is 0 Å². The van der Waals surface area contributed by atoms with Crippen molar-refractivity contribution < 1.29 is 9.53 Å². The van der Waals surface area contributed by atoms with Crippen molar-refractivity contribution in [2.45, 2.75) is 13.5 Å². The van der Waals surface area contributed by atoms with Crippen LogP contribution in [0.25, 0.3) is 0 Å². The quantitative estimate of drug-likeness (QED) is 0.798. The Balaban J connectivity index is 2.19. The normalized spacial score (nSPS) is 10.4. The van der Waals surface area contributed by atoms with Crippen LogP contribution < -0.4 is 4.74 Å². The zero-order valence-electron chi connectivity index (χ0n) is 10.2. The van der Waals surface area contributed by atoms with E-state index in [1.165, 1.54) is 6.92 Å². The molecule has 0 bridgehead atoms. The number of nitrogens with zero attached hydrogens (tertiary/aromatic N) is 2. The molecule has 0 aliphatic heterocycles. The maximum atomic E-state index is 11.5. The van der Waals surface area contributed by atoms with E-state index >= 15 is 0 Å². The van der Waals surface area contributed by atoms with Gasteiger partial charge in [0.1, 0.15) is 18.2 Å². The molecular weight excluding hydrogens is 252 g/mol. The minimum Gasteiger partial charge on any atom is -0.485 e. The highest BCUT2D eigenvalue weighted by Crippen LogP contribution is 2.24. The lowest BCUT2D eigenvalue weighted by Crippen LogP contribution is -2.05. The Hall–Kier alpha value is -1.81. The standard InChI is InChI=1S/C13H13ClN2O2/c1-9(17)11-7-10(14)3-4-12(11)18-8-13-15-5-6-16(13)2/h3-7H,8H2,1-2H3. The summed E-state index contributed by atoms with van der Waals surface area (Å²) in [4.78, 5) is 15.6. The van der Waals surface area contributed by atoms with Crippen LogP contribution in [0.2, 0.25) is 5.02 Å². The summed E-state index contributed by atoms with van der Waals surface area (Å²) in [5.41, 5.74) is 0.483. The maximum Gasteiger partial charge on any atom is 0.163 e. The number of imidazole rings is 1. The molecule has 0 spiro atoms. The Morgan fingerprint density at radius 2 is 2.28 bits per heavy atom. The van der Waals surface area contributed by atoms with Gasteiger partial charge in [0.25, 0.3) is 0 Å². The van der Waals surface area contributed by atoms with E-state index in [1.54, 1.807) is 24.4 Å². The van der Waals surface area contributed by atoms with Gasteiger partial charge in [-0.1, -0.05) is 11.6 Å². The second-order valence-electron chi connectivity index (χ2n) is 3.94. The van der Waals surface area contributed by atoms with E-state index in [2.05, 4.69) is 4.98 Å². The van der Waals surface area contributed by atoms with Crippen molar-refractivity contribution in [3.05, 3.63) is 47.0 Å². The summed E-state index contributed by atoms with van der Waals surface area (Å²) < 4.78 is 7.48. The number of benzene rings is 1. The van der Waals surface area contributed by atoms with Gasteiger partial charge in [0.2, 0.25) is 0 Å². The molecule has 2 rings (SSSR count). The van der Waals surface area contributed by atoms with Gasteiger partial charge in [-0.15, -0.1) is 0 Å². The molecule has 0 saturated heterocycles. The molecule has 4 nitrogen and oxygen atoms in total. The number of hydrogen-bond donors (Lipinski definition) is 0. The fourth-order valence-electron chi connectivity index (χ4n) is 1.58. The van der Waals surface area contributed by atoms with Crippen molar-refractivity contribution in [2.75, 3.05) is 0 Å². The molecule has 2 aromatic rings. The first-order valence-electron chi connectivity index (χ1n) is 5.47. The highest BCUT2D eigenvalue weighted by Gasteiger charge is 2.10. The van der Waals surface area contributed by atoms with Gasteiger partial charge in [0.15, 0.2) is 5.78 Å². The smallest absolute Gasteiger partial charge is 0.163 e. The second kappa shape index (κ2) is 5.23. The first kappa shape index (κ1) is 12.6. The summed E-state index contributed by atoms with van der Waals surface area (Å²) in [5.74, 6) is 1.24. The van der Waals surface area contributed by atoms with Crippen LogP contribution in [0, 0.1) is 0 Å². The van der Waals surface area contributed by atoms with Crippen molar-refractivity contribution in [2.24, 2.45) is 7.05 Å². The van der Waals surface area contributed by atoms with Crippen LogP contribution >= 0.6 is 11.6 Å². The number of halogens is 1. The van der Waals surface area contributed by atoms with E-state index in [0.29, 0.717) is 22.9 Å². The number of Topliss-reactive ketones (excluding diaryl/α,β-unsaturated/α-hetero) is 1. The summed E-state index contributed by atoms with van der Waals surface area (Å²) in [7, 11) is 1.89. The number of carbonyl (C=O) groups is 1. The molecule has 0 atom stereocenters. The fourth-order valence-corrected chi connectivity index (χ4v) is 1.75. The molecule has 0 unspecified atom stereocenters. The largest absolute Gasteiger partial charge is 0.485 e. The summed E-state index contributed by atoms with van der Waals surface area (Å²) in [5, 5.41) is 0.518. The molecule has 0 amide bonds. The third-order valence-corrected chi connectivity index (χ3v) is 2.83. The number of rotatable bonds is 4. The molecule has 1 heterocycles. The van der Waals surface area contributed by atoms with Gasteiger partial charge in [-0.05, 0) is 25.1 Å². The molecular formula is C13H13ClN2O2. The third-order valence-electron chi connectivity index (χ3n) is 2.60. The SMILES string of the molecule is CC(=O)c1cc(Cl)ccc1OCc1nccn1C. The van der Waals surface area contributed by atoms with Crippen molar-refractivity contribution in [3.63, 3.8) is 0 Å². The highest BCUT2D eigenvalue weighted by molar-refractivity contribution is 6.31. The zero-order valence-corrected chi connectivity index (χ0v) is 10.9. The molecule has 0 fully saturated rings. The molecule has 0 saturated carbocycles. The van der Waals surface area contributed by atoms with Crippen LogP contribution in [0.15, 0.2) is 30.6 Å². The fraction of sp³-hybridized carbons (Fsp3) is 0.231. The molecule has 5 heteroatoms. The minimum atomic E-state index is -0.0765. The van der Waals surface area contributed by atoms with Crippen LogP contribution in [0.5, 0.6) is 5.75 Å². The average Bonchev–Trinajstić information content (AvgIpc) is 2.73. The predicted molar refractivity (Wildman–Crippen MR) is 69.0 cm³/mol. The summed E-state index contributed by atoms with van der Waals surface area (Å²) in [6, 6.07) is 5.00. The minimum absolute atomic E-state index is 0.0765. The number of carbonyl (C=O) groups excluding carboxylic acids is 1. The van der Waals surface area contributed by atoms with Gasteiger partial charge >= 0.3 is 0 Å². The van der Waals surface area contributed by atoms with E-state index in [4.69, 9.17) is 16.3 Å². The van der Waals surface area contributed by atoms with E-state index in [1.807, 2.05) is 17.8 Å². The topological polar surface area (TPSA) is 44.1 Å². The maximum absolute atomic E-state index is 11.5. The third kappa shape index (κ3) is 2.71. The zero-order chi connectivity index (χ0) is 13.1. The Morgan fingerprint density at radius 3 is 2.89 bits per heavy atom. The Labute approximate surface area is 110 Å². The Morgan fingerprint density at radius 1 is 1.50 bits per heavy atom. The molecule has 1 aromatic carbocycles. The van der Waals surface area contributed by atoms with Gasteiger partial charge in [0.05, 0.1) is 5.56 Å². The second-order valence-corrected chi connectivity index (χ2v) is 4.38. The monoisotopic (exact) mass is 264 g/mol. The lowest BCUT2D eigenvalue weighted by molar-refractivity contribution is 0.101. The molecule has 18 heavy (non-hydrogen) atoms. The average molecular weight is 265 g/mol. The predicted octanol–water partition coefficient (Wildman–Crippen LogP) is 2.86. The van der Waals surface area contributed by atoms with E-state index in [9.17, 15) is 4.79 Å². The van der Waals surface area contributed by atoms with Crippen molar-refractivity contribution >= 4 is 17.4 Å². The number of aryl methyl sites for hydroxylation is 1. The molecule has 0 aliphatic rings. The van der Waals surface area contributed by atoms with Gasteiger partial charge in [-0.25, -0.2) is 4.98 Å². The van der Waals surface area contributed by atoms with Crippen LogP contribution in [-0.4, -0.2) is 15.3 Å². The summed E-state index contributed by atoms with van der Waals surface area (Å²) in [6.45, 7) is 1.80. The molecule has 0 N–H and O–H groups in total. The van der Waals surface area contributed by atoms with Crippen LogP contribution in [0.4, 0.5) is 0 Å². The summed E-state index contributed by atoms with van der Waals surface area (Å²) >= 11 is 5.86. The van der Waals surface area contributed by atoms with E-state index < -0.39 is 0 Å². The summed E-state index contributed by atoms with van der Waals surface area (Å²) in [6.07, 6.45) is 3.54. The van der Waals surface area contributed by atoms with Gasteiger partial charge in [0, 0.05) is 24.5 Å². The van der Waals surface area contributed by atoms with E-state index in [-0.39, 0.29) is 5.78 Å². The van der Waals surface area contributed by atoms with Crippen LogP contribution in [0.1, 0.15) is 23.1 Å².